The van der Waals surface area contributed by atoms with Crippen molar-refractivity contribution in [1.82, 2.24) is 4.90 Å². The number of ether oxygens (including phenoxy) is 1. The van der Waals surface area contributed by atoms with Gasteiger partial charge in [-0.1, -0.05) is 30.4 Å². The summed E-state index contributed by atoms with van der Waals surface area (Å²) in [5.41, 5.74) is 2.49. The first-order valence-corrected chi connectivity index (χ1v) is 9.87. The van der Waals surface area contributed by atoms with Gasteiger partial charge in [-0.3, -0.25) is 19.3 Å². The van der Waals surface area contributed by atoms with Gasteiger partial charge in [-0.15, -0.1) is 0 Å². The molecule has 1 saturated carbocycles. The van der Waals surface area contributed by atoms with Crippen molar-refractivity contribution in [3.05, 3.63) is 41.5 Å². The number of aryl methyl sites for hydroxylation is 2. The molecule has 29 heavy (non-hydrogen) atoms. The second-order valence-electron chi connectivity index (χ2n) is 8.15. The molecule has 3 amide bonds. The molecule has 0 radical (unpaired) electrons. The first kappa shape index (κ1) is 19.4. The van der Waals surface area contributed by atoms with E-state index in [1.165, 1.54) is 6.92 Å². The first-order valence-electron chi connectivity index (χ1n) is 9.87. The van der Waals surface area contributed by atoms with E-state index in [1.807, 2.05) is 44.2 Å². The number of hydrogen-bond acceptors (Lipinski definition) is 5. The number of rotatable bonds is 5. The van der Waals surface area contributed by atoms with Crippen LogP contribution in [0.15, 0.2) is 30.4 Å². The Labute approximate surface area is 169 Å². The largest absolute Gasteiger partial charge is 0.454 e. The van der Waals surface area contributed by atoms with Crippen molar-refractivity contribution in [2.75, 3.05) is 11.9 Å². The Bertz CT molecular complexity index is 887. The van der Waals surface area contributed by atoms with Crippen molar-refractivity contribution in [3.8, 4) is 0 Å². The summed E-state index contributed by atoms with van der Waals surface area (Å²) in [4.78, 5) is 51.2. The standard InChI is InChI=1S/C22H24N2O5/c1-11-5-4-6-12(2)19(11)23-16(25)10-29-22(28)13(3)24-20(26)17-14-7-8-15(9-14)18(17)21(24)27/h4-8,13-15,17-18H,9-10H2,1-3H3,(H,23,25)/t13-,14-,15-,17-,18-/m0/s1. The molecule has 1 aliphatic heterocycles. The van der Waals surface area contributed by atoms with Gasteiger partial charge in [0.25, 0.3) is 5.91 Å². The molecule has 1 saturated heterocycles. The predicted molar refractivity (Wildman–Crippen MR) is 105 cm³/mol. The van der Waals surface area contributed by atoms with Crippen LogP contribution in [0.1, 0.15) is 24.5 Å². The van der Waals surface area contributed by atoms with E-state index < -0.39 is 24.5 Å². The van der Waals surface area contributed by atoms with Gasteiger partial charge >= 0.3 is 5.97 Å². The van der Waals surface area contributed by atoms with Crippen LogP contribution in [-0.4, -0.2) is 41.2 Å². The number of fused-ring (bicyclic) bond motifs is 5. The number of nitrogens with zero attached hydrogens (tertiary/aromatic N) is 1. The van der Waals surface area contributed by atoms with E-state index in [4.69, 9.17) is 4.74 Å². The lowest BCUT2D eigenvalue weighted by atomic mass is 9.85. The maximum Gasteiger partial charge on any atom is 0.329 e. The second-order valence-corrected chi connectivity index (χ2v) is 8.15. The third-order valence-corrected chi connectivity index (χ3v) is 6.32. The zero-order valence-electron chi connectivity index (χ0n) is 16.7. The SMILES string of the molecule is Cc1cccc(C)c1NC(=O)COC(=O)[C@H](C)N1C(=O)[C@@H]2[C@@H](C1=O)[C@H]1C=C[C@H]2C1. The summed E-state index contributed by atoms with van der Waals surface area (Å²) in [5, 5.41) is 2.74. The number of para-hydroxylation sites is 1. The maximum atomic E-state index is 12.8. The van der Waals surface area contributed by atoms with E-state index in [1.54, 1.807) is 0 Å². The van der Waals surface area contributed by atoms with Crippen molar-refractivity contribution in [1.29, 1.82) is 0 Å². The van der Waals surface area contributed by atoms with Crippen molar-refractivity contribution >= 4 is 29.4 Å². The lowest BCUT2D eigenvalue weighted by molar-refractivity contribution is -0.159. The van der Waals surface area contributed by atoms with E-state index in [-0.39, 0.29) is 35.5 Å². The van der Waals surface area contributed by atoms with Crippen LogP contribution in [0, 0.1) is 37.5 Å². The third kappa shape index (κ3) is 3.14. The molecule has 0 unspecified atom stereocenters. The number of hydrogen-bond donors (Lipinski definition) is 1. The summed E-state index contributed by atoms with van der Waals surface area (Å²) in [6.07, 6.45) is 4.83. The Hall–Kier alpha value is -2.96. The van der Waals surface area contributed by atoms with Crippen molar-refractivity contribution in [2.45, 2.75) is 33.2 Å². The molecule has 7 heteroatoms. The Morgan fingerprint density at radius 2 is 1.66 bits per heavy atom. The Balaban J connectivity index is 1.36. The quantitative estimate of drug-likeness (QED) is 0.467. The fourth-order valence-electron chi connectivity index (χ4n) is 4.86. The van der Waals surface area contributed by atoms with Gasteiger partial charge in [0.1, 0.15) is 6.04 Å². The monoisotopic (exact) mass is 396 g/mol. The summed E-state index contributed by atoms with van der Waals surface area (Å²) >= 11 is 0. The maximum absolute atomic E-state index is 12.8. The molecule has 152 valence electrons. The molecular formula is C22H24N2O5. The zero-order chi connectivity index (χ0) is 20.9. The molecule has 4 rings (SSSR count). The molecule has 1 aromatic carbocycles. The predicted octanol–water partition coefficient (Wildman–Crippen LogP) is 1.98. The summed E-state index contributed by atoms with van der Waals surface area (Å²) in [5.74, 6) is -2.40. The molecule has 1 heterocycles. The highest BCUT2D eigenvalue weighted by Gasteiger charge is 2.60. The van der Waals surface area contributed by atoms with E-state index in [0.29, 0.717) is 5.69 Å². The second kappa shape index (κ2) is 7.13. The fraction of sp³-hybridized carbons (Fsp3) is 0.455. The van der Waals surface area contributed by atoms with Crippen molar-refractivity contribution in [2.24, 2.45) is 23.7 Å². The van der Waals surface area contributed by atoms with Gasteiger partial charge in [-0.2, -0.15) is 0 Å². The van der Waals surface area contributed by atoms with Crippen LogP contribution >= 0.6 is 0 Å². The normalized spacial score (nSPS) is 27.9. The molecule has 0 spiro atoms. The van der Waals surface area contributed by atoms with E-state index >= 15 is 0 Å². The van der Waals surface area contributed by atoms with E-state index in [2.05, 4.69) is 5.32 Å². The number of imide groups is 1. The number of benzene rings is 1. The van der Waals surface area contributed by atoms with Gasteiger partial charge in [-0.25, -0.2) is 4.79 Å². The molecule has 2 bridgehead atoms. The minimum Gasteiger partial charge on any atom is -0.454 e. The van der Waals surface area contributed by atoms with E-state index in [0.717, 1.165) is 22.4 Å². The van der Waals surface area contributed by atoms with Crippen molar-refractivity contribution in [3.63, 3.8) is 0 Å². The average molecular weight is 396 g/mol. The molecule has 2 aliphatic carbocycles. The highest BCUT2D eigenvalue weighted by molar-refractivity contribution is 6.09. The lowest BCUT2D eigenvalue weighted by Gasteiger charge is -2.23. The number of amides is 3. The molecule has 5 atom stereocenters. The summed E-state index contributed by atoms with van der Waals surface area (Å²) in [6, 6.07) is 4.59. The van der Waals surface area contributed by atoms with Crippen LogP contribution in [0.25, 0.3) is 0 Å². The Morgan fingerprint density at radius 1 is 1.10 bits per heavy atom. The van der Waals surface area contributed by atoms with E-state index in [9.17, 15) is 19.2 Å². The van der Waals surface area contributed by atoms with Crippen LogP contribution in [0.4, 0.5) is 5.69 Å². The van der Waals surface area contributed by atoms with Gasteiger partial charge < -0.3 is 10.1 Å². The smallest absolute Gasteiger partial charge is 0.329 e. The van der Waals surface area contributed by atoms with Crippen LogP contribution in [-0.2, 0) is 23.9 Å². The number of anilines is 1. The fourth-order valence-corrected chi connectivity index (χ4v) is 4.86. The highest BCUT2D eigenvalue weighted by atomic mass is 16.5. The lowest BCUT2D eigenvalue weighted by Crippen LogP contribution is -2.45. The number of carbonyl (C=O) groups is 4. The topological polar surface area (TPSA) is 92.8 Å². The van der Waals surface area contributed by atoms with Crippen LogP contribution in [0.5, 0.6) is 0 Å². The summed E-state index contributed by atoms with van der Waals surface area (Å²) < 4.78 is 5.11. The minimum absolute atomic E-state index is 0.0813. The number of carbonyl (C=O) groups excluding carboxylic acids is 4. The molecule has 3 aliphatic rings. The third-order valence-electron chi connectivity index (χ3n) is 6.32. The van der Waals surface area contributed by atoms with Gasteiger partial charge in [0.2, 0.25) is 11.8 Å². The number of allylic oxidation sites excluding steroid dienone is 2. The number of likely N-dealkylation sites (tertiary alicyclic amines) is 1. The summed E-state index contributed by atoms with van der Waals surface area (Å²) in [7, 11) is 0. The Morgan fingerprint density at radius 3 is 2.21 bits per heavy atom. The van der Waals surface area contributed by atoms with Gasteiger partial charge in [0.15, 0.2) is 6.61 Å². The average Bonchev–Trinajstić information content (AvgIpc) is 3.36. The van der Waals surface area contributed by atoms with Crippen molar-refractivity contribution < 1.29 is 23.9 Å². The highest BCUT2D eigenvalue weighted by Crippen LogP contribution is 2.52. The number of nitrogens with one attached hydrogen (secondary N) is 1. The van der Waals surface area contributed by atoms with Gasteiger partial charge in [-0.05, 0) is 50.2 Å². The molecule has 1 N–H and O–H groups in total. The molecule has 7 nitrogen and oxygen atoms in total. The summed E-state index contributed by atoms with van der Waals surface area (Å²) in [6.45, 7) is 4.74. The van der Waals surface area contributed by atoms with Gasteiger partial charge in [0, 0.05) is 5.69 Å². The first-order chi connectivity index (χ1) is 13.8. The van der Waals surface area contributed by atoms with Crippen LogP contribution in [0.3, 0.4) is 0 Å². The molecule has 1 aromatic rings. The number of esters is 1. The van der Waals surface area contributed by atoms with Gasteiger partial charge in [0.05, 0.1) is 11.8 Å². The van der Waals surface area contributed by atoms with Crippen LogP contribution in [0.2, 0.25) is 0 Å². The molecule has 0 aromatic heterocycles. The molecule has 2 fully saturated rings. The Kier molecular flexibility index (Phi) is 4.76. The zero-order valence-corrected chi connectivity index (χ0v) is 16.7. The minimum atomic E-state index is -1.05. The van der Waals surface area contributed by atoms with Crippen LogP contribution < -0.4 is 5.32 Å². The molecular weight excluding hydrogens is 372 g/mol.